The lowest BCUT2D eigenvalue weighted by Crippen LogP contribution is -2.31. The molecule has 0 spiro atoms. The predicted octanol–water partition coefficient (Wildman–Crippen LogP) is 2.07. The van der Waals surface area contributed by atoms with E-state index in [1.54, 1.807) is 0 Å². The standard InChI is InChI=1S/C13H23N3O2/c1-4-6-14-10(3)9(2)13-15-12(16-18-13)11-5-7-17-8-11/h9-11,14H,4-8H2,1-3H3. The predicted molar refractivity (Wildman–Crippen MR) is 68.6 cm³/mol. The monoisotopic (exact) mass is 253 g/mol. The van der Waals surface area contributed by atoms with E-state index in [1.165, 1.54) is 0 Å². The third-order valence-corrected chi connectivity index (χ3v) is 3.61. The molecular formula is C13H23N3O2. The van der Waals surface area contributed by atoms with Crippen LogP contribution in [0.5, 0.6) is 0 Å². The molecule has 2 rings (SSSR count). The maximum Gasteiger partial charge on any atom is 0.231 e. The zero-order chi connectivity index (χ0) is 13.0. The highest BCUT2D eigenvalue weighted by atomic mass is 16.5. The number of nitrogens with zero attached hydrogens (tertiary/aromatic N) is 2. The summed E-state index contributed by atoms with van der Waals surface area (Å²) in [5, 5.41) is 7.54. The van der Waals surface area contributed by atoms with Crippen LogP contribution in [0.15, 0.2) is 4.52 Å². The van der Waals surface area contributed by atoms with E-state index in [9.17, 15) is 0 Å². The highest BCUT2D eigenvalue weighted by molar-refractivity contribution is 5.01. The molecule has 0 aliphatic carbocycles. The second kappa shape index (κ2) is 6.29. The molecule has 2 heterocycles. The number of hydrogen-bond acceptors (Lipinski definition) is 5. The summed E-state index contributed by atoms with van der Waals surface area (Å²) in [6.07, 6.45) is 2.13. The van der Waals surface area contributed by atoms with E-state index in [0.29, 0.717) is 12.0 Å². The lowest BCUT2D eigenvalue weighted by atomic mass is 10.0. The van der Waals surface area contributed by atoms with Crippen molar-refractivity contribution >= 4 is 0 Å². The third kappa shape index (κ3) is 3.09. The smallest absolute Gasteiger partial charge is 0.231 e. The first-order chi connectivity index (χ1) is 8.72. The number of rotatable bonds is 6. The largest absolute Gasteiger partial charge is 0.381 e. The second-order valence-corrected chi connectivity index (χ2v) is 5.08. The summed E-state index contributed by atoms with van der Waals surface area (Å²) < 4.78 is 10.7. The van der Waals surface area contributed by atoms with Gasteiger partial charge in [0.2, 0.25) is 5.89 Å². The zero-order valence-electron chi connectivity index (χ0n) is 11.5. The average molecular weight is 253 g/mol. The molecule has 1 aliphatic heterocycles. The van der Waals surface area contributed by atoms with E-state index in [2.05, 4.69) is 36.2 Å². The van der Waals surface area contributed by atoms with Gasteiger partial charge in [0.05, 0.1) is 12.5 Å². The third-order valence-electron chi connectivity index (χ3n) is 3.61. The summed E-state index contributed by atoms with van der Waals surface area (Å²) in [5.74, 6) is 2.08. The molecular weight excluding hydrogens is 230 g/mol. The lowest BCUT2D eigenvalue weighted by Gasteiger charge is -2.17. The fourth-order valence-electron chi connectivity index (χ4n) is 2.10. The minimum Gasteiger partial charge on any atom is -0.381 e. The summed E-state index contributed by atoms with van der Waals surface area (Å²) >= 11 is 0. The molecule has 1 aromatic heterocycles. The van der Waals surface area contributed by atoms with Crippen LogP contribution in [0, 0.1) is 0 Å². The summed E-state index contributed by atoms with van der Waals surface area (Å²) in [4.78, 5) is 4.52. The molecule has 1 N–H and O–H groups in total. The quantitative estimate of drug-likeness (QED) is 0.841. The molecule has 1 saturated heterocycles. The number of nitrogens with one attached hydrogen (secondary N) is 1. The van der Waals surface area contributed by atoms with Crippen LogP contribution >= 0.6 is 0 Å². The van der Waals surface area contributed by atoms with E-state index in [4.69, 9.17) is 9.26 Å². The Morgan fingerprint density at radius 3 is 2.94 bits per heavy atom. The summed E-state index contributed by atoms with van der Waals surface area (Å²) in [6.45, 7) is 8.98. The van der Waals surface area contributed by atoms with Crippen molar-refractivity contribution in [2.24, 2.45) is 0 Å². The molecule has 1 aromatic rings. The van der Waals surface area contributed by atoms with E-state index in [1.807, 2.05) is 0 Å². The van der Waals surface area contributed by atoms with Crippen molar-refractivity contribution in [2.45, 2.75) is 51.5 Å². The Balaban J connectivity index is 1.95. The summed E-state index contributed by atoms with van der Waals surface area (Å²) in [5.41, 5.74) is 0. The minimum atomic E-state index is 0.236. The van der Waals surface area contributed by atoms with Crippen LogP contribution in [-0.4, -0.2) is 35.9 Å². The van der Waals surface area contributed by atoms with Crippen LogP contribution in [0.3, 0.4) is 0 Å². The van der Waals surface area contributed by atoms with Crippen molar-refractivity contribution in [2.75, 3.05) is 19.8 Å². The molecule has 3 atom stereocenters. The Morgan fingerprint density at radius 1 is 1.44 bits per heavy atom. The number of hydrogen-bond donors (Lipinski definition) is 1. The van der Waals surface area contributed by atoms with E-state index in [0.717, 1.165) is 44.3 Å². The molecule has 1 aliphatic rings. The van der Waals surface area contributed by atoms with E-state index >= 15 is 0 Å². The van der Waals surface area contributed by atoms with Crippen LogP contribution in [0.2, 0.25) is 0 Å². The van der Waals surface area contributed by atoms with Gasteiger partial charge in [-0.2, -0.15) is 4.98 Å². The van der Waals surface area contributed by atoms with Crippen molar-refractivity contribution in [3.63, 3.8) is 0 Å². The van der Waals surface area contributed by atoms with Gasteiger partial charge in [-0.15, -0.1) is 0 Å². The first-order valence-corrected chi connectivity index (χ1v) is 6.87. The fraction of sp³-hybridized carbons (Fsp3) is 0.846. The van der Waals surface area contributed by atoms with Gasteiger partial charge in [0, 0.05) is 18.6 Å². The Kier molecular flexibility index (Phi) is 4.72. The second-order valence-electron chi connectivity index (χ2n) is 5.08. The van der Waals surface area contributed by atoms with Crippen molar-refractivity contribution in [3.05, 3.63) is 11.7 Å². The molecule has 0 amide bonds. The number of aromatic nitrogens is 2. The van der Waals surface area contributed by atoms with E-state index < -0.39 is 0 Å². The molecule has 0 bridgehead atoms. The first kappa shape index (κ1) is 13.5. The highest BCUT2D eigenvalue weighted by Gasteiger charge is 2.26. The average Bonchev–Trinajstić information content (AvgIpc) is 3.04. The normalized spacial score (nSPS) is 23.2. The molecule has 3 unspecified atom stereocenters. The van der Waals surface area contributed by atoms with Gasteiger partial charge in [-0.05, 0) is 26.3 Å². The SMILES string of the molecule is CCCNC(C)C(C)c1nc(C2CCOC2)no1. The maximum absolute atomic E-state index is 5.38. The van der Waals surface area contributed by atoms with Gasteiger partial charge < -0.3 is 14.6 Å². The Labute approximate surface area is 108 Å². The number of ether oxygens (including phenoxy) is 1. The molecule has 18 heavy (non-hydrogen) atoms. The molecule has 1 fully saturated rings. The van der Waals surface area contributed by atoms with Gasteiger partial charge in [-0.3, -0.25) is 0 Å². The van der Waals surface area contributed by atoms with Crippen LogP contribution < -0.4 is 5.32 Å². The lowest BCUT2D eigenvalue weighted by molar-refractivity contribution is 0.192. The van der Waals surface area contributed by atoms with Gasteiger partial charge >= 0.3 is 0 Å². The van der Waals surface area contributed by atoms with Gasteiger partial charge in [0.1, 0.15) is 0 Å². The molecule has 102 valence electrons. The molecule has 0 aromatic carbocycles. The van der Waals surface area contributed by atoms with Crippen molar-refractivity contribution in [3.8, 4) is 0 Å². The van der Waals surface area contributed by atoms with Crippen molar-refractivity contribution < 1.29 is 9.26 Å². The topological polar surface area (TPSA) is 60.2 Å². The maximum atomic E-state index is 5.38. The van der Waals surface area contributed by atoms with Crippen molar-refractivity contribution in [1.29, 1.82) is 0 Å². The highest BCUT2D eigenvalue weighted by Crippen LogP contribution is 2.25. The molecule has 0 saturated carbocycles. The molecule has 5 heteroatoms. The summed E-state index contributed by atoms with van der Waals surface area (Å²) in [7, 11) is 0. The van der Waals surface area contributed by atoms with Crippen LogP contribution in [0.1, 0.15) is 57.2 Å². The Morgan fingerprint density at radius 2 is 2.28 bits per heavy atom. The first-order valence-electron chi connectivity index (χ1n) is 6.87. The van der Waals surface area contributed by atoms with Crippen LogP contribution in [0.4, 0.5) is 0 Å². The van der Waals surface area contributed by atoms with Crippen molar-refractivity contribution in [1.82, 2.24) is 15.5 Å². The zero-order valence-corrected chi connectivity index (χ0v) is 11.5. The van der Waals surface area contributed by atoms with Gasteiger partial charge in [-0.1, -0.05) is 19.0 Å². The van der Waals surface area contributed by atoms with E-state index in [-0.39, 0.29) is 5.92 Å². The van der Waals surface area contributed by atoms with Gasteiger partial charge in [0.15, 0.2) is 5.82 Å². The van der Waals surface area contributed by atoms with Crippen LogP contribution in [-0.2, 0) is 4.74 Å². The Hall–Kier alpha value is -0.940. The van der Waals surface area contributed by atoms with Gasteiger partial charge in [0.25, 0.3) is 0 Å². The molecule has 0 radical (unpaired) electrons. The van der Waals surface area contributed by atoms with Gasteiger partial charge in [-0.25, -0.2) is 0 Å². The summed E-state index contributed by atoms with van der Waals surface area (Å²) in [6, 6.07) is 0.345. The minimum absolute atomic E-state index is 0.236. The fourth-order valence-corrected chi connectivity index (χ4v) is 2.10. The Bertz CT molecular complexity index is 361. The molecule has 5 nitrogen and oxygen atoms in total. The van der Waals surface area contributed by atoms with Crippen LogP contribution in [0.25, 0.3) is 0 Å².